The summed E-state index contributed by atoms with van der Waals surface area (Å²) in [6, 6.07) is 22.4. The standard InChI is InChI=1S/C33H30Cl2N6O5S/c1-33(2)45-29-27(43-17-20-16-40(39-38-20)21-11-7-18(34)8-12-21)28(44-32(29)46-33)31-41(22-13-9-19(35)10-14-22)30(42)25(47-31)15-26-36-23-5-3-4-6-24(23)37-26/h3-14,16,25,27-29,31-32H,15,17H2,1-2H3,(H,36,37)/t25?,27-,28-,29-,31?,32-/m1/s1. The number of ether oxygens (including phenoxy) is 4. The average Bonchev–Trinajstić information content (AvgIpc) is 3.86. The summed E-state index contributed by atoms with van der Waals surface area (Å²) in [6.45, 7) is 3.82. The Morgan fingerprint density at radius 1 is 0.957 bits per heavy atom. The second-order valence-corrected chi connectivity index (χ2v) is 14.3. The molecule has 5 heterocycles. The van der Waals surface area contributed by atoms with Gasteiger partial charge in [-0.05, 0) is 74.5 Å². The first-order valence-electron chi connectivity index (χ1n) is 15.2. The molecule has 5 aromatic rings. The van der Waals surface area contributed by atoms with Crippen LogP contribution in [0.1, 0.15) is 25.4 Å². The molecule has 6 atom stereocenters. The van der Waals surface area contributed by atoms with E-state index in [1.807, 2.05) is 62.4 Å². The molecular formula is C33H30Cl2N6O5S. The van der Waals surface area contributed by atoms with E-state index in [9.17, 15) is 4.79 Å². The molecule has 3 fully saturated rings. The molecule has 3 saturated heterocycles. The van der Waals surface area contributed by atoms with Crippen molar-refractivity contribution >= 4 is 57.6 Å². The Bertz CT molecular complexity index is 1890. The third kappa shape index (κ3) is 6.04. The highest BCUT2D eigenvalue weighted by Gasteiger charge is 2.60. The molecule has 47 heavy (non-hydrogen) atoms. The van der Waals surface area contributed by atoms with E-state index < -0.39 is 41.0 Å². The maximum absolute atomic E-state index is 14.2. The fourth-order valence-electron chi connectivity index (χ4n) is 6.27. The highest BCUT2D eigenvalue weighted by Crippen LogP contribution is 2.47. The zero-order chi connectivity index (χ0) is 32.3. The van der Waals surface area contributed by atoms with Crippen LogP contribution in [0, 0.1) is 0 Å². The molecule has 1 amide bonds. The molecule has 0 spiro atoms. The van der Waals surface area contributed by atoms with Gasteiger partial charge >= 0.3 is 0 Å². The maximum atomic E-state index is 14.2. The van der Waals surface area contributed by atoms with E-state index in [-0.39, 0.29) is 12.5 Å². The molecule has 0 radical (unpaired) electrons. The number of amides is 1. The van der Waals surface area contributed by atoms with Gasteiger partial charge in [0.15, 0.2) is 12.1 Å². The quantitative estimate of drug-likeness (QED) is 0.211. The van der Waals surface area contributed by atoms with Crippen LogP contribution in [-0.2, 0) is 36.8 Å². The Kier molecular flexibility index (Phi) is 7.99. The number of rotatable bonds is 8. The van der Waals surface area contributed by atoms with Crippen molar-refractivity contribution in [2.24, 2.45) is 0 Å². The molecule has 14 heteroatoms. The van der Waals surface area contributed by atoms with E-state index in [1.54, 1.807) is 40.0 Å². The number of H-pyrrole nitrogens is 1. The Labute approximate surface area is 284 Å². The molecule has 0 aliphatic carbocycles. The summed E-state index contributed by atoms with van der Waals surface area (Å²) < 4.78 is 27.3. The normalized spacial score (nSPS) is 26.8. The van der Waals surface area contributed by atoms with E-state index in [0.717, 1.165) is 22.5 Å². The summed E-state index contributed by atoms with van der Waals surface area (Å²) in [4.78, 5) is 24.1. The Morgan fingerprint density at radius 2 is 1.68 bits per heavy atom. The second-order valence-electron chi connectivity index (χ2n) is 12.1. The number of carbonyl (C=O) groups is 1. The molecule has 242 valence electrons. The van der Waals surface area contributed by atoms with Crippen LogP contribution in [0.3, 0.4) is 0 Å². The smallest absolute Gasteiger partial charge is 0.241 e. The van der Waals surface area contributed by atoms with Crippen LogP contribution in [0.5, 0.6) is 0 Å². The van der Waals surface area contributed by atoms with Crippen LogP contribution in [0.15, 0.2) is 79.0 Å². The summed E-state index contributed by atoms with van der Waals surface area (Å²) >= 11 is 13.8. The van der Waals surface area contributed by atoms with Crippen LogP contribution >= 0.6 is 35.0 Å². The average molecular weight is 694 g/mol. The van der Waals surface area contributed by atoms with Gasteiger partial charge in [0.2, 0.25) is 5.91 Å². The lowest BCUT2D eigenvalue weighted by Crippen LogP contribution is -2.48. The molecule has 8 rings (SSSR count). The maximum Gasteiger partial charge on any atom is 0.241 e. The number of hydrogen-bond donors (Lipinski definition) is 1. The molecule has 0 saturated carbocycles. The predicted octanol–water partition coefficient (Wildman–Crippen LogP) is 5.93. The van der Waals surface area contributed by atoms with Crippen molar-refractivity contribution in [2.75, 3.05) is 4.90 Å². The van der Waals surface area contributed by atoms with Crippen LogP contribution in [-0.4, -0.2) is 71.9 Å². The zero-order valence-electron chi connectivity index (χ0n) is 25.3. The first-order valence-corrected chi connectivity index (χ1v) is 16.9. The number of aromatic amines is 1. The van der Waals surface area contributed by atoms with Crippen molar-refractivity contribution in [2.45, 2.75) is 67.9 Å². The first-order chi connectivity index (χ1) is 22.7. The van der Waals surface area contributed by atoms with Gasteiger partial charge in [-0.25, -0.2) is 9.67 Å². The fraction of sp³-hybridized carbons (Fsp3) is 0.333. The lowest BCUT2D eigenvalue weighted by Gasteiger charge is -2.33. The number of nitrogens with one attached hydrogen (secondary N) is 1. The van der Waals surface area contributed by atoms with Crippen LogP contribution < -0.4 is 4.90 Å². The van der Waals surface area contributed by atoms with Gasteiger partial charge < -0.3 is 23.9 Å². The molecular weight excluding hydrogens is 663 g/mol. The Balaban J connectivity index is 1.08. The van der Waals surface area contributed by atoms with Gasteiger partial charge in [0.25, 0.3) is 0 Å². The number of carbonyl (C=O) groups excluding carboxylic acids is 1. The minimum Gasteiger partial charge on any atom is -0.366 e. The molecule has 11 nitrogen and oxygen atoms in total. The number of hydrogen-bond acceptors (Lipinski definition) is 9. The summed E-state index contributed by atoms with van der Waals surface area (Å²) in [6.07, 6.45) is -0.179. The van der Waals surface area contributed by atoms with Crippen molar-refractivity contribution in [1.29, 1.82) is 0 Å². The third-order valence-electron chi connectivity index (χ3n) is 8.36. The number of halogens is 2. The lowest BCUT2D eigenvalue weighted by atomic mass is 10.1. The number of benzene rings is 3. The van der Waals surface area contributed by atoms with Crippen LogP contribution in [0.4, 0.5) is 5.69 Å². The summed E-state index contributed by atoms with van der Waals surface area (Å²) in [5, 5.41) is 8.90. The Hall–Kier alpha value is -3.49. The number of aromatic nitrogens is 5. The van der Waals surface area contributed by atoms with Gasteiger partial charge in [-0.1, -0.05) is 40.5 Å². The van der Waals surface area contributed by atoms with E-state index in [4.69, 9.17) is 47.1 Å². The molecule has 2 unspecified atom stereocenters. The van der Waals surface area contributed by atoms with Crippen molar-refractivity contribution < 1.29 is 23.7 Å². The third-order valence-corrected chi connectivity index (χ3v) is 10.3. The zero-order valence-corrected chi connectivity index (χ0v) is 27.7. The van der Waals surface area contributed by atoms with Gasteiger partial charge in [0.05, 0.1) is 34.8 Å². The van der Waals surface area contributed by atoms with Crippen molar-refractivity contribution in [3.05, 3.63) is 101 Å². The van der Waals surface area contributed by atoms with Crippen LogP contribution in [0.25, 0.3) is 16.7 Å². The largest absolute Gasteiger partial charge is 0.366 e. The molecule has 3 aromatic carbocycles. The lowest BCUT2D eigenvalue weighted by molar-refractivity contribution is -0.218. The first kappa shape index (κ1) is 30.8. The van der Waals surface area contributed by atoms with E-state index in [2.05, 4.69) is 15.3 Å². The topological polar surface area (TPSA) is 117 Å². The number of fused-ring (bicyclic) bond motifs is 2. The van der Waals surface area contributed by atoms with E-state index >= 15 is 0 Å². The van der Waals surface area contributed by atoms with Crippen molar-refractivity contribution in [3.63, 3.8) is 0 Å². The summed E-state index contributed by atoms with van der Waals surface area (Å²) in [5.41, 5.74) is 3.92. The minimum atomic E-state index is -0.863. The van der Waals surface area contributed by atoms with E-state index in [0.29, 0.717) is 27.8 Å². The number of imidazole rings is 1. The molecule has 2 aromatic heterocycles. The van der Waals surface area contributed by atoms with Gasteiger partial charge in [-0.2, -0.15) is 0 Å². The van der Waals surface area contributed by atoms with Gasteiger partial charge in [-0.3, -0.25) is 9.69 Å². The SMILES string of the molecule is CC1(C)O[C@H]2O[C@@H](C3SC(Cc4nc5ccccc5[nH]4)C(=O)N3c3ccc(Cl)cc3)[C@@H](OCc3cn(-c4ccc(Cl)cc4)nn3)[C@H]2O1. The Morgan fingerprint density at radius 3 is 2.43 bits per heavy atom. The van der Waals surface area contributed by atoms with Crippen LogP contribution in [0.2, 0.25) is 10.0 Å². The number of anilines is 1. The van der Waals surface area contributed by atoms with Gasteiger partial charge in [0, 0.05) is 22.2 Å². The minimum absolute atomic E-state index is 0.0599. The second kappa shape index (κ2) is 12.2. The number of para-hydroxylation sites is 2. The fourth-order valence-corrected chi connectivity index (χ4v) is 8.06. The summed E-state index contributed by atoms with van der Waals surface area (Å²) in [5.74, 6) is -0.184. The van der Waals surface area contributed by atoms with E-state index in [1.165, 1.54) is 11.8 Å². The highest BCUT2D eigenvalue weighted by atomic mass is 35.5. The number of thioether (sulfide) groups is 1. The van der Waals surface area contributed by atoms with Gasteiger partial charge in [-0.15, -0.1) is 16.9 Å². The van der Waals surface area contributed by atoms with Gasteiger partial charge in [0.1, 0.15) is 35.2 Å². The molecule has 1 N–H and O–H groups in total. The molecule has 3 aliphatic heterocycles. The van der Waals surface area contributed by atoms with Crippen molar-refractivity contribution in [1.82, 2.24) is 25.0 Å². The number of nitrogens with zero attached hydrogens (tertiary/aromatic N) is 5. The highest BCUT2D eigenvalue weighted by molar-refractivity contribution is 8.02. The molecule has 3 aliphatic rings. The predicted molar refractivity (Wildman–Crippen MR) is 178 cm³/mol. The summed E-state index contributed by atoms with van der Waals surface area (Å²) in [7, 11) is 0. The monoisotopic (exact) mass is 692 g/mol. The van der Waals surface area contributed by atoms with Crippen molar-refractivity contribution in [3.8, 4) is 5.69 Å². The molecule has 0 bridgehead atoms.